The highest BCUT2D eigenvalue weighted by atomic mass is 16.3. The molecule has 2 heterocycles. The molecule has 0 radical (unpaired) electrons. The van der Waals surface area contributed by atoms with Gasteiger partial charge < -0.3 is 19.8 Å². The predicted molar refractivity (Wildman–Crippen MR) is 100 cm³/mol. The van der Waals surface area contributed by atoms with Crippen molar-refractivity contribution in [3.63, 3.8) is 0 Å². The Morgan fingerprint density at radius 1 is 1.16 bits per heavy atom. The van der Waals surface area contributed by atoms with E-state index in [0.29, 0.717) is 23.5 Å². The smallest absolute Gasteiger partial charge is 0.280 e. The zero-order chi connectivity index (χ0) is 18.0. The lowest BCUT2D eigenvalue weighted by Crippen LogP contribution is -3.19. The molecule has 0 aliphatic carbocycles. The van der Waals surface area contributed by atoms with Gasteiger partial charge in [-0.1, -0.05) is 26.0 Å². The van der Waals surface area contributed by atoms with Gasteiger partial charge in [-0.25, -0.2) is 0 Å². The van der Waals surface area contributed by atoms with E-state index in [1.807, 2.05) is 18.2 Å². The molecule has 0 unspecified atom stereocenters. The Morgan fingerprint density at radius 2 is 1.76 bits per heavy atom. The summed E-state index contributed by atoms with van der Waals surface area (Å²) in [6.45, 7) is 12.0. The number of rotatable bonds is 3. The quantitative estimate of drug-likeness (QED) is 0.858. The molecule has 1 aromatic rings. The van der Waals surface area contributed by atoms with Gasteiger partial charge in [0.25, 0.3) is 5.91 Å². The number of amides is 1. The van der Waals surface area contributed by atoms with Crippen molar-refractivity contribution < 1.29 is 14.8 Å². The molecule has 2 N–H and O–H groups in total. The molecule has 0 bridgehead atoms. The van der Waals surface area contributed by atoms with Gasteiger partial charge in [0.2, 0.25) is 0 Å². The van der Waals surface area contributed by atoms with Crippen LogP contribution in [0, 0.1) is 11.8 Å². The standard InChI is InChI=1S/C20H31N3O2/c1-15-12-16(2)14-23(13-15)20(25)17(3)21-8-10-22(11-9-21)18-6-4-5-7-19(18)24/h4-7,15-17,24H,8-14H2,1-3H3/p+1/t15-,16-,17-/m1/s1. The second kappa shape index (κ2) is 7.65. The number of piperazine rings is 1. The first-order valence-corrected chi connectivity index (χ1v) is 9.62. The van der Waals surface area contributed by atoms with Gasteiger partial charge in [-0.3, -0.25) is 4.79 Å². The largest absolute Gasteiger partial charge is 0.506 e. The summed E-state index contributed by atoms with van der Waals surface area (Å²) in [5, 5.41) is 10.0. The minimum Gasteiger partial charge on any atom is -0.506 e. The molecule has 25 heavy (non-hydrogen) atoms. The maximum atomic E-state index is 12.9. The van der Waals surface area contributed by atoms with Gasteiger partial charge in [-0.2, -0.15) is 0 Å². The van der Waals surface area contributed by atoms with E-state index >= 15 is 0 Å². The number of carbonyl (C=O) groups is 1. The molecule has 0 saturated carbocycles. The number of hydrogen-bond donors (Lipinski definition) is 2. The van der Waals surface area contributed by atoms with Crippen LogP contribution in [0.3, 0.4) is 0 Å². The van der Waals surface area contributed by atoms with Crippen molar-refractivity contribution >= 4 is 11.6 Å². The van der Waals surface area contributed by atoms with E-state index in [0.717, 1.165) is 45.0 Å². The third-order valence-electron chi connectivity index (χ3n) is 5.79. The molecule has 3 rings (SSSR count). The maximum absolute atomic E-state index is 12.9. The molecule has 5 nitrogen and oxygen atoms in total. The summed E-state index contributed by atoms with van der Waals surface area (Å²) >= 11 is 0. The predicted octanol–water partition coefficient (Wildman–Crippen LogP) is 0.990. The molecule has 1 aromatic carbocycles. The van der Waals surface area contributed by atoms with Gasteiger partial charge in [0.1, 0.15) is 5.75 Å². The Labute approximate surface area is 151 Å². The molecule has 2 aliphatic heterocycles. The van der Waals surface area contributed by atoms with E-state index in [9.17, 15) is 9.90 Å². The fraction of sp³-hybridized carbons (Fsp3) is 0.650. The Morgan fingerprint density at radius 3 is 2.36 bits per heavy atom. The molecule has 3 atom stereocenters. The zero-order valence-electron chi connectivity index (χ0n) is 15.7. The second-order valence-electron chi connectivity index (χ2n) is 8.04. The average Bonchev–Trinajstić information content (AvgIpc) is 2.60. The van der Waals surface area contributed by atoms with Crippen LogP contribution in [0.15, 0.2) is 24.3 Å². The Kier molecular flexibility index (Phi) is 5.52. The highest BCUT2D eigenvalue weighted by Gasteiger charge is 2.35. The van der Waals surface area contributed by atoms with E-state index in [-0.39, 0.29) is 6.04 Å². The Balaban J connectivity index is 1.57. The van der Waals surface area contributed by atoms with Crippen molar-refractivity contribution in [3.05, 3.63) is 24.3 Å². The van der Waals surface area contributed by atoms with Gasteiger partial charge in [0.05, 0.1) is 31.9 Å². The Hall–Kier alpha value is -1.75. The number of quaternary nitrogens is 1. The van der Waals surface area contributed by atoms with Crippen LogP contribution in [0.4, 0.5) is 5.69 Å². The third kappa shape index (κ3) is 4.09. The van der Waals surface area contributed by atoms with Crippen molar-refractivity contribution in [3.8, 4) is 5.75 Å². The lowest BCUT2D eigenvalue weighted by Gasteiger charge is -2.40. The van der Waals surface area contributed by atoms with Crippen LogP contribution in [0.1, 0.15) is 27.2 Å². The van der Waals surface area contributed by atoms with Crippen LogP contribution >= 0.6 is 0 Å². The fourth-order valence-electron chi connectivity index (χ4n) is 4.49. The molecule has 5 heteroatoms. The van der Waals surface area contributed by atoms with E-state index in [4.69, 9.17) is 0 Å². The molecule has 138 valence electrons. The highest BCUT2D eigenvalue weighted by molar-refractivity contribution is 5.80. The first-order valence-electron chi connectivity index (χ1n) is 9.62. The number of carbonyl (C=O) groups excluding carboxylic acids is 1. The van der Waals surface area contributed by atoms with Crippen LogP contribution < -0.4 is 9.80 Å². The summed E-state index contributed by atoms with van der Waals surface area (Å²) < 4.78 is 0. The van der Waals surface area contributed by atoms with Crippen molar-refractivity contribution in [2.75, 3.05) is 44.2 Å². The van der Waals surface area contributed by atoms with Crippen molar-refractivity contribution in [2.45, 2.75) is 33.2 Å². The summed E-state index contributed by atoms with van der Waals surface area (Å²) in [5.74, 6) is 1.86. The van der Waals surface area contributed by atoms with Crippen LogP contribution in [0.2, 0.25) is 0 Å². The summed E-state index contributed by atoms with van der Waals surface area (Å²) in [6, 6.07) is 7.52. The molecule has 0 aromatic heterocycles. The van der Waals surface area contributed by atoms with E-state index in [2.05, 4.69) is 30.6 Å². The molecule has 2 fully saturated rings. The van der Waals surface area contributed by atoms with Gasteiger partial charge in [0, 0.05) is 13.1 Å². The highest BCUT2D eigenvalue weighted by Crippen LogP contribution is 2.26. The number of nitrogens with zero attached hydrogens (tertiary/aromatic N) is 2. The minimum absolute atomic E-state index is 0.0176. The molecular formula is C20H32N3O2+. The number of hydrogen-bond acceptors (Lipinski definition) is 3. The lowest BCUT2D eigenvalue weighted by atomic mass is 9.91. The number of anilines is 1. The molecule has 2 aliphatic rings. The summed E-state index contributed by atoms with van der Waals surface area (Å²) in [7, 11) is 0. The van der Waals surface area contributed by atoms with Gasteiger partial charge in [-0.05, 0) is 37.3 Å². The van der Waals surface area contributed by atoms with Gasteiger partial charge in [0.15, 0.2) is 6.04 Å². The number of phenolic OH excluding ortho intramolecular Hbond substituents is 1. The lowest BCUT2D eigenvalue weighted by molar-refractivity contribution is -0.915. The van der Waals surface area contributed by atoms with Crippen molar-refractivity contribution in [2.24, 2.45) is 11.8 Å². The van der Waals surface area contributed by atoms with Crippen LogP contribution in [0.25, 0.3) is 0 Å². The number of phenols is 1. The monoisotopic (exact) mass is 346 g/mol. The maximum Gasteiger partial charge on any atom is 0.280 e. The number of benzene rings is 1. The first-order chi connectivity index (χ1) is 12.0. The molecular weight excluding hydrogens is 314 g/mol. The van der Waals surface area contributed by atoms with E-state index in [1.165, 1.54) is 11.3 Å². The number of piperidine rings is 1. The van der Waals surface area contributed by atoms with Gasteiger partial charge in [-0.15, -0.1) is 0 Å². The minimum atomic E-state index is 0.0176. The van der Waals surface area contributed by atoms with E-state index in [1.54, 1.807) is 6.07 Å². The summed E-state index contributed by atoms with van der Waals surface area (Å²) in [4.78, 5) is 18.6. The van der Waals surface area contributed by atoms with Gasteiger partial charge >= 0.3 is 0 Å². The average molecular weight is 346 g/mol. The van der Waals surface area contributed by atoms with Crippen LogP contribution in [0.5, 0.6) is 5.75 Å². The summed E-state index contributed by atoms with van der Waals surface area (Å²) in [6.07, 6.45) is 1.23. The second-order valence-corrected chi connectivity index (χ2v) is 8.04. The van der Waals surface area contributed by atoms with Crippen molar-refractivity contribution in [1.29, 1.82) is 0 Å². The number of nitrogens with one attached hydrogen (secondary N) is 1. The van der Waals surface area contributed by atoms with E-state index < -0.39 is 0 Å². The van der Waals surface area contributed by atoms with Crippen LogP contribution in [-0.2, 0) is 4.79 Å². The molecule has 2 saturated heterocycles. The normalized spacial score (nSPS) is 26.5. The number of likely N-dealkylation sites (tertiary alicyclic amines) is 1. The van der Waals surface area contributed by atoms with Crippen molar-refractivity contribution in [1.82, 2.24) is 4.90 Å². The fourth-order valence-corrected chi connectivity index (χ4v) is 4.49. The SMILES string of the molecule is C[C@@H]1C[C@@H](C)CN(C(=O)[C@@H](C)[NH+]2CCN(c3ccccc3O)CC2)C1. The Bertz CT molecular complexity index is 588. The first kappa shape index (κ1) is 18.1. The number of para-hydroxylation sites is 2. The summed E-state index contributed by atoms with van der Waals surface area (Å²) in [5.41, 5.74) is 0.902. The molecule has 1 amide bonds. The topological polar surface area (TPSA) is 48.2 Å². The number of aromatic hydroxyl groups is 1. The third-order valence-corrected chi connectivity index (χ3v) is 5.79. The zero-order valence-corrected chi connectivity index (χ0v) is 15.7. The molecule has 0 spiro atoms. The van der Waals surface area contributed by atoms with Crippen LogP contribution in [-0.4, -0.2) is 61.2 Å².